The highest BCUT2D eigenvalue weighted by atomic mass is 16.5. The van der Waals surface area contributed by atoms with E-state index in [4.69, 9.17) is 15.2 Å². The number of methoxy groups -OCH3 is 1. The molecule has 0 spiro atoms. The van der Waals surface area contributed by atoms with E-state index in [0.717, 1.165) is 23.5 Å². The van der Waals surface area contributed by atoms with E-state index in [1.54, 1.807) is 7.11 Å². The van der Waals surface area contributed by atoms with Crippen molar-refractivity contribution in [3.63, 3.8) is 0 Å². The Hall–Kier alpha value is -1.22. The molecule has 1 saturated carbocycles. The Morgan fingerprint density at radius 2 is 1.94 bits per heavy atom. The zero-order valence-electron chi connectivity index (χ0n) is 11.0. The van der Waals surface area contributed by atoms with Gasteiger partial charge in [0.05, 0.1) is 13.7 Å². The van der Waals surface area contributed by atoms with Crippen molar-refractivity contribution in [1.82, 2.24) is 0 Å². The van der Waals surface area contributed by atoms with Crippen LogP contribution >= 0.6 is 0 Å². The quantitative estimate of drug-likeness (QED) is 0.872. The number of ether oxygens (including phenoxy) is 2. The van der Waals surface area contributed by atoms with Gasteiger partial charge in [0.1, 0.15) is 0 Å². The van der Waals surface area contributed by atoms with Crippen molar-refractivity contribution in [3.05, 3.63) is 23.8 Å². The van der Waals surface area contributed by atoms with E-state index in [-0.39, 0.29) is 11.0 Å². The van der Waals surface area contributed by atoms with Gasteiger partial charge in [0, 0.05) is 5.54 Å². The first kappa shape index (κ1) is 12.2. The third kappa shape index (κ3) is 1.89. The summed E-state index contributed by atoms with van der Waals surface area (Å²) in [5.41, 5.74) is 7.48. The minimum absolute atomic E-state index is 0.172. The van der Waals surface area contributed by atoms with E-state index in [1.165, 1.54) is 0 Å². The minimum atomic E-state index is -0.217. The number of rotatable bonds is 4. The van der Waals surface area contributed by atoms with Gasteiger partial charge in [0.2, 0.25) is 0 Å². The molecular formula is C14H21NO2. The third-order valence-corrected chi connectivity index (χ3v) is 3.78. The third-order valence-electron chi connectivity index (χ3n) is 3.78. The Kier molecular flexibility index (Phi) is 2.82. The molecule has 1 unspecified atom stereocenters. The van der Waals surface area contributed by atoms with E-state index in [2.05, 4.69) is 13.8 Å². The second-order valence-corrected chi connectivity index (χ2v) is 5.33. The Morgan fingerprint density at radius 3 is 2.41 bits per heavy atom. The zero-order chi connectivity index (χ0) is 12.7. The maximum Gasteiger partial charge on any atom is 0.161 e. The van der Waals surface area contributed by atoms with Gasteiger partial charge in [-0.05, 0) is 36.5 Å². The molecular weight excluding hydrogens is 214 g/mol. The Balaban J connectivity index is 2.33. The van der Waals surface area contributed by atoms with E-state index in [0.29, 0.717) is 6.61 Å². The maximum absolute atomic E-state index is 6.40. The van der Waals surface area contributed by atoms with Crippen LogP contribution in [0.15, 0.2) is 18.2 Å². The standard InChI is InChI=1S/C14H21NO2/c1-5-17-11-7-6-10(8-12(11)16-4)14(15)9-13(14,2)3/h6-8H,5,9,15H2,1-4H3. The van der Waals surface area contributed by atoms with Crippen LogP contribution in [-0.2, 0) is 5.54 Å². The first-order valence-electron chi connectivity index (χ1n) is 6.05. The lowest BCUT2D eigenvalue weighted by atomic mass is 9.97. The summed E-state index contributed by atoms with van der Waals surface area (Å²) in [4.78, 5) is 0. The lowest BCUT2D eigenvalue weighted by molar-refractivity contribution is 0.310. The molecule has 3 heteroatoms. The SMILES string of the molecule is CCOc1ccc(C2(N)CC2(C)C)cc1OC. The number of hydrogen-bond donors (Lipinski definition) is 1. The molecule has 0 heterocycles. The number of nitrogens with two attached hydrogens (primary N) is 1. The van der Waals surface area contributed by atoms with Crippen molar-refractivity contribution in [1.29, 1.82) is 0 Å². The number of hydrogen-bond acceptors (Lipinski definition) is 3. The van der Waals surface area contributed by atoms with Crippen LogP contribution in [0.4, 0.5) is 0 Å². The highest BCUT2D eigenvalue weighted by Gasteiger charge is 2.59. The highest BCUT2D eigenvalue weighted by Crippen LogP contribution is 2.60. The molecule has 1 fully saturated rings. The molecule has 1 aromatic rings. The second kappa shape index (κ2) is 3.91. The summed E-state index contributed by atoms with van der Waals surface area (Å²) in [5.74, 6) is 1.54. The van der Waals surface area contributed by atoms with Gasteiger partial charge in [0.25, 0.3) is 0 Å². The highest BCUT2D eigenvalue weighted by molar-refractivity contribution is 5.47. The summed E-state index contributed by atoms with van der Waals surface area (Å²) in [6.07, 6.45) is 1.01. The molecule has 3 nitrogen and oxygen atoms in total. The van der Waals surface area contributed by atoms with Crippen molar-refractivity contribution < 1.29 is 9.47 Å². The normalized spacial score (nSPS) is 25.5. The topological polar surface area (TPSA) is 44.5 Å². The largest absolute Gasteiger partial charge is 0.493 e. The molecule has 1 aliphatic carbocycles. The molecule has 2 N–H and O–H groups in total. The summed E-state index contributed by atoms with van der Waals surface area (Å²) in [7, 11) is 1.66. The van der Waals surface area contributed by atoms with Crippen LogP contribution in [0.2, 0.25) is 0 Å². The van der Waals surface area contributed by atoms with Crippen LogP contribution in [0.3, 0.4) is 0 Å². The van der Waals surface area contributed by atoms with Gasteiger partial charge >= 0.3 is 0 Å². The lowest BCUT2D eigenvalue weighted by Crippen LogP contribution is -2.25. The molecule has 17 heavy (non-hydrogen) atoms. The maximum atomic E-state index is 6.40. The molecule has 0 radical (unpaired) electrons. The Labute approximate surface area is 103 Å². The molecule has 1 atom stereocenters. The van der Waals surface area contributed by atoms with Gasteiger partial charge in [-0.1, -0.05) is 19.9 Å². The monoisotopic (exact) mass is 235 g/mol. The molecule has 1 aliphatic rings. The lowest BCUT2D eigenvalue weighted by Gasteiger charge is -2.18. The van der Waals surface area contributed by atoms with Gasteiger partial charge in [-0.25, -0.2) is 0 Å². The molecule has 0 amide bonds. The summed E-state index contributed by atoms with van der Waals surface area (Å²) in [5, 5.41) is 0. The average molecular weight is 235 g/mol. The van der Waals surface area contributed by atoms with Crippen LogP contribution in [0.1, 0.15) is 32.8 Å². The van der Waals surface area contributed by atoms with Gasteiger partial charge in [0.15, 0.2) is 11.5 Å². The molecule has 1 aromatic carbocycles. The Bertz CT molecular complexity index is 428. The fourth-order valence-corrected chi connectivity index (χ4v) is 2.37. The summed E-state index contributed by atoms with van der Waals surface area (Å²) in [6.45, 7) is 6.97. The van der Waals surface area contributed by atoms with Gasteiger partial charge < -0.3 is 15.2 Å². The van der Waals surface area contributed by atoms with Crippen molar-refractivity contribution in [2.75, 3.05) is 13.7 Å². The fourth-order valence-electron chi connectivity index (χ4n) is 2.37. The fraction of sp³-hybridized carbons (Fsp3) is 0.571. The molecule has 0 bridgehead atoms. The van der Waals surface area contributed by atoms with Gasteiger partial charge in [-0.3, -0.25) is 0 Å². The second-order valence-electron chi connectivity index (χ2n) is 5.33. The molecule has 0 aromatic heterocycles. The van der Waals surface area contributed by atoms with Crippen LogP contribution < -0.4 is 15.2 Å². The van der Waals surface area contributed by atoms with E-state index >= 15 is 0 Å². The molecule has 0 aliphatic heterocycles. The molecule has 2 rings (SSSR count). The summed E-state index contributed by atoms with van der Waals surface area (Å²) in [6, 6.07) is 5.99. The van der Waals surface area contributed by atoms with E-state index < -0.39 is 0 Å². The average Bonchev–Trinajstić information content (AvgIpc) is 2.80. The Morgan fingerprint density at radius 1 is 1.29 bits per heavy atom. The predicted molar refractivity (Wildman–Crippen MR) is 68.4 cm³/mol. The minimum Gasteiger partial charge on any atom is -0.493 e. The molecule has 94 valence electrons. The van der Waals surface area contributed by atoms with Crippen molar-refractivity contribution in [2.45, 2.75) is 32.7 Å². The van der Waals surface area contributed by atoms with Gasteiger partial charge in [-0.15, -0.1) is 0 Å². The molecule has 0 saturated heterocycles. The van der Waals surface area contributed by atoms with Crippen LogP contribution in [-0.4, -0.2) is 13.7 Å². The van der Waals surface area contributed by atoms with Crippen molar-refractivity contribution in [2.24, 2.45) is 11.1 Å². The first-order valence-corrected chi connectivity index (χ1v) is 6.05. The van der Waals surface area contributed by atoms with Crippen LogP contribution in [0.25, 0.3) is 0 Å². The smallest absolute Gasteiger partial charge is 0.161 e. The first-order chi connectivity index (χ1) is 7.94. The summed E-state index contributed by atoms with van der Waals surface area (Å²) < 4.78 is 10.9. The zero-order valence-corrected chi connectivity index (χ0v) is 11.0. The van der Waals surface area contributed by atoms with E-state index in [9.17, 15) is 0 Å². The van der Waals surface area contributed by atoms with Crippen molar-refractivity contribution in [3.8, 4) is 11.5 Å². The van der Waals surface area contributed by atoms with Gasteiger partial charge in [-0.2, -0.15) is 0 Å². The predicted octanol–water partition coefficient (Wildman–Crippen LogP) is 2.68. The van der Waals surface area contributed by atoms with Crippen molar-refractivity contribution >= 4 is 0 Å². The summed E-state index contributed by atoms with van der Waals surface area (Å²) >= 11 is 0. The van der Waals surface area contributed by atoms with Crippen LogP contribution in [0.5, 0.6) is 11.5 Å². The van der Waals surface area contributed by atoms with Crippen LogP contribution in [0, 0.1) is 5.41 Å². The van der Waals surface area contributed by atoms with E-state index in [1.807, 2.05) is 25.1 Å². The number of benzene rings is 1.